The first-order chi connectivity index (χ1) is 14.0. The average molecular weight is 401 g/mol. The molecule has 2 saturated heterocycles. The van der Waals surface area contributed by atoms with Crippen LogP contribution < -0.4 is 5.63 Å². The number of amides is 1. The van der Waals surface area contributed by atoms with Crippen LogP contribution >= 0.6 is 0 Å². The van der Waals surface area contributed by atoms with Gasteiger partial charge in [0.15, 0.2) is 0 Å². The molecule has 6 nitrogen and oxygen atoms in total. The van der Waals surface area contributed by atoms with Gasteiger partial charge in [0.1, 0.15) is 23.2 Å². The van der Waals surface area contributed by atoms with Gasteiger partial charge >= 0.3 is 5.63 Å². The topological polar surface area (TPSA) is 69.0 Å². The van der Waals surface area contributed by atoms with Gasteiger partial charge in [-0.2, -0.15) is 0 Å². The minimum absolute atomic E-state index is 0.0700. The van der Waals surface area contributed by atoms with E-state index in [1.807, 2.05) is 6.07 Å². The maximum atomic E-state index is 13.2. The zero-order chi connectivity index (χ0) is 20.4. The number of hydrogen-bond donors (Lipinski definition) is 0. The molecule has 1 unspecified atom stereocenters. The maximum absolute atomic E-state index is 13.2. The molecule has 29 heavy (non-hydrogen) atoms. The van der Waals surface area contributed by atoms with Crippen molar-refractivity contribution in [1.82, 2.24) is 4.90 Å². The van der Waals surface area contributed by atoms with E-state index in [9.17, 15) is 14.0 Å². The van der Waals surface area contributed by atoms with Gasteiger partial charge in [0.05, 0.1) is 13.2 Å². The van der Waals surface area contributed by atoms with E-state index in [0.29, 0.717) is 44.2 Å². The summed E-state index contributed by atoms with van der Waals surface area (Å²) in [7, 11) is 0. The van der Waals surface area contributed by atoms with Crippen molar-refractivity contribution in [2.75, 3.05) is 32.9 Å². The largest absolute Gasteiger partial charge is 0.427 e. The van der Waals surface area contributed by atoms with Gasteiger partial charge in [-0.3, -0.25) is 4.79 Å². The Kier molecular flexibility index (Phi) is 5.78. The number of aryl methyl sites for hydroxylation is 1. The maximum Gasteiger partial charge on any atom is 0.349 e. The van der Waals surface area contributed by atoms with Gasteiger partial charge in [0.25, 0.3) is 5.91 Å². The minimum atomic E-state index is -0.596. The van der Waals surface area contributed by atoms with Gasteiger partial charge in [-0.05, 0) is 49.1 Å². The Bertz CT molecular complexity index is 933. The van der Waals surface area contributed by atoms with Crippen LogP contribution in [0.15, 0.2) is 39.5 Å². The highest BCUT2D eigenvalue weighted by atomic mass is 19.1. The lowest BCUT2D eigenvalue weighted by atomic mass is 9.95. The summed E-state index contributed by atoms with van der Waals surface area (Å²) in [6.45, 7) is 4.09. The molecule has 2 fully saturated rings. The van der Waals surface area contributed by atoms with E-state index >= 15 is 0 Å². The zero-order valence-electron chi connectivity index (χ0n) is 16.4. The number of nitrogens with zero attached hydrogens (tertiary/aromatic N) is 1. The summed E-state index contributed by atoms with van der Waals surface area (Å²) < 4.78 is 29.8. The Hall–Kier alpha value is -2.51. The van der Waals surface area contributed by atoms with E-state index in [1.165, 1.54) is 12.1 Å². The summed E-state index contributed by atoms with van der Waals surface area (Å²) in [6, 6.07) is 7.84. The normalized spacial score (nSPS) is 20.6. The Labute approximate surface area is 168 Å². The Morgan fingerprint density at radius 2 is 1.86 bits per heavy atom. The third-order valence-corrected chi connectivity index (χ3v) is 5.60. The van der Waals surface area contributed by atoms with Crippen molar-refractivity contribution in [2.45, 2.75) is 31.8 Å². The lowest BCUT2D eigenvalue weighted by Gasteiger charge is -2.33. The van der Waals surface area contributed by atoms with Crippen molar-refractivity contribution < 1.29 is 23.1 Å². The van der Waals surface area contributed by atoms with Crippen LogP contribution in [-0.2, 0) is 9.47 Å². The van der Waals surface area contributed by atoms with Crippen LogP contribution in [0, 0.1) is 12.7 Å². The second-order valence-corrected chi connectivity index (χ2v) is 7.54. The third-order valence-electron chi connectivity index (χ3n) is 5.60. The van der Waals surface area contributed by atoms with Gasteiger partial charge in [-0.1, -0.05) is 12.1 Å². The van der Waals surface area contributed by atoms with Crippen LogP contribution in [0.4, 0.5) is 4.39 Å². The molecule has 154 valence electrons. The molecule has 1 atom stereocenters. The van der Waals surface area contributed by atoms with Crippen molar-refractivity contribution in [3.05, 3.63) is 69.0 Å². The van der Waals surface area contributed by atoms with Crippen molar-refractivity contribution in [3.8, 4) is 0 Å². The first-order valence-electron chi connectivity index (χ1n) is 9.91. The van der Waals surface area contributed by atoms with Crippen LogP contribution in [0.1, 0.15) is 52.1 Å². The summed E-state index contributed by atoms with van der Waals surface area (Å²) >= 11 is 0. The van der Waals surface area contributed by atoms with Crippen LogP contribution in [0.25, 0.3) is 0 Å². The Balaban J connectivity index is 1.54. The molecule has 0 bridgehead atoms. The highest BCUT2D eigenvalue weighted by molar-refractivity contribution is 5.95. The number of hydrogen-bond acceptors (Lipinski definition) is 5. The fourth-order valence-corrected chi connectivity index (χ4v) is 3.94. The quantitative estimate of drug-likeness (QED) is 0.790. The van der Waals surface area contributed by atoms with Crippen LogP contribution in [-0.4, -0.2) is 43.7 Å². The summed E-state index contributed by atoms with van der Waals surface area (Å²) in [5, 5.41) is 0. The standard InChI is InChI=1S/C22H24FNO5/c1-14-12-18(16-6-9-27-10-7-16)29-22(26)20(14)21(25)24-8-11-28-19(13-24)15-2-4-17(23)5-3-15/h2-5,12,16,19H,6-11,13H2,1H3. The first kappa shape index (κ1) is 19.8. The van der Waals surface area contributed by atoms with Crippen molar-refractivity contribution in [1.29, 1.82) is 0 Å². The molecule has 2 aromatic rings. The smallest absolute Gasteiger partial charge is 0.349 e. The van der Waals surface area contributed by atoms with E-state index < -0.39 is 5.63 Å². The molecular weight excluding hydrogens is 377 g/mol. The number of halogens is 1. The zero-order valence-corrected chi connectivity index (χ0v) is 16.4. The molecule has 3 heterocycles. The van der Waals surface area contributed by atoms with E-state index in [1.54, 1.807) is 24.0 Å². The predicted molar refractivity (Wildman–Crippen MR) is 104 cm³/mol. The Morgan fingerprint density at radius 1 is 1.14 bits per heavy atom. The summed E-state index contributed by atoms with van der Waals surface area (Å²) in [5.74, 6) is 0.0876. The average Bonchev–Trinajstić information content (AvgIpc) is 2.74. The molecule has 1 aromatic carbocycles. The highest BCUT2D eigenvalue weighted by Crippen LogP contribution is 2.28. The number of carbonyl (C=O) groups is 1. The van der Waals surface area contributed by atoms with E-state index in [4.69, 9.17) is 13.9 Å². The lowest BCUT2D eigenvalue weighted by Crippen LogP contribution is -2.44. The molecule has 0 saturated carbocycles. The molecule has 2 aliphatic heterocycles. The number of rotatable bonds is 3. The van der Waals surface area contributed by atoms with Crippen molar-refractivity contribution in [3.63, 3.8) is 0 Å². The second-order valence-electron chi connectivity index (χ2n) is 7.54. The molecule has 4 rings (SSSR count). The van der Waals surface area contributed by atoms with Gasteiger partial charge < -0.3 is 18.8 Å². The lowest BCUT2D eigenvalue weighted by molar-refractivity contribution is -0.0230. The second kappa shape index (κ2) is 8.47. The molecular formula is C22H24FNO5. The highest BCUT2D eigenvalue weighted by Gasteiger charge is 2.30. The number of morpholine rings is 1. The molecule has 0 N–H and O–H groups in total. The SMILES string of the molecule is Cc1cc(C2CCOCC2)oc(=O)c1C(=O)N1CCOC(c2ccc(F)cc2)C1. The van der Waals surface area contributed by atoms with E-state index in [0.717, 1.165) is 18.4 Å². The van der Waals surface area contributed by atoms with Crippen molar-refractivity contribution >= 4 is 5.91 Å². The molecule has 1 aromatic heterocycles. The fourth-order valence-electron chi connectivity index (χ4n) is 3.94. The van der Waals surface area contributed by atoms with Gasteiger partial charge in [-0.25, -0.2) is 9.18 Å². The van der Waals surface area contributed by atoms with Crippen LogP contribution in [0.2, 0.25) is 0 Å². The molecule has 0 aliphatic carbocycles. The third kappa shape index (κ3) is 4.26. The number of benzene rings is 1. The fraction of sp³-hybridized carbons (Fsp3) is 0.455. The van der Waals surface area contributed by atoms with Crippen molar-refractivity contribution in [2.24, 2.45) is 0 Å². The first-order valence-corrected chi connectivity index (χ1v) is 9.91. The van der Waals surface area contributed by atoms with Crippen LogP contribution in [0.3, 0.4) is 0 Å². The molecule has 1 amide bonds. The summed E-state index contributed by atoms with van der Waals surface area (Å²) in [4.78, 5) is 27.4. The van der Waals surface area contributed by atoms with Gasteiger partial charge in [-0.15, -0.1) is 0 Å². The van der Waals surface area contributed by atoms with Gasteiger partial charge in [0, 0.05) is 25.7 Å². The van der Waals surface area contributed by atoms with Gasteiger partial charge in [0.2, 0.25) is 0 Å². The number of carbonyl (C=O) groups excluding carboxylic acids is 1. The minimum Gasteiger partial charge on any atom is -0.427 e. The monoisotopic (exact) mass is 401 g/mol. The molecule has 2 aliphatic rings. The summed E-state index contributed by atoms with van der Waals surface area (Å²) in [5.41, 5.74) is 0.891. The molecule has 7 heteroatoms. The Morgan fingerprint density at radius 3 is 2.55 bits per heavy atom. The van der Waals surface area contributed by atoms with Crippen LogP contribution in [0.5, 0.6) is 0 Å². The summed E-state index contributed by atoms with van der Waals surface area (Å²) in [6.07, 6.45) is 1.25. The molecule has 0 radical (unpaired) electrons. The molecule has 0 spiro atoms. The van der Waals surface area contributed by atoms with E-state index in [-0.39, 0.29) is 29.3 Å². The number of ether oxygens (including phenoxy) is 2. The van der Waals surface area contributed by atoms with E-state index in [2.05, 4.69) is 0 Å². The predicted octanol–water partition coefficient (Wildman–Crippen LogP) is 3.20.